The first-order valence-electron chi connectivity index (χ1n) is 7.85. The van der Waals surface area contributed by atoms with Crippen molar-refractivity contribution in [2.75, 3.05) is 4.72 Å². The highest BCUT2D eigenvalue weighted by molar-refractivity contribution is 7.94. The van der Waals surface area contributed by atoms with Crippen molar-refractivity contribution in [3.63, 3.8) is 0 Å². The highest BCUT2D eigenvalue weighted by Crippen LogP contribution is 2.22. The van der Waals surface area contributed by atoms with Crippen molar-refractivity contribution in [2.24, 2.45) is 0 Å². The van der Waals surface area contributed by atoms with Crippen molar-refractivity contribution < 1.29 is 18.0 Å². The van der Waals surface area contributed by atoms with Gasteiger partial charge in [0, 0.05) is 5.56 Å². The number of hydrazine groups is 1. The van der Waals surface area contributed by atoms with E-state index in [2.05, 4.69) is 20.6 Å². The van der Waals surface area contributed by atoms with E-state index in [9.17, 15) is 18.0 Å². The van der Waals surface area contributed by atoms with Crippen LogP contribution in [0, 0.1) is 0 Å². The average Bonchev–Trinajstić information content (AvgIpc) is 3.21. The maximum Gasteiger partial charge on any atom is 0.271 e. The van der Waals surface area contributed by atoms with E-state index in [1.165, 1.54) is 30.3 Å². The van der Waals surface area contributed by atoms with E-state index in [0.29, 0.717) is 0 Å². The van der Waals surface area contributed by atoms with Gasteiger partial charge in [0.2, 0.25) is 0 Å². The number of halogens is 2. The lowest BCUT2D eigenvalue weighted by Gasteiger charge is -2.12. The lowest BCUT2D eigenvalue weighted by molar-refractivity contribution is 0.0847. The number of benzene rings is 1. The van der Waals surface area contributed by atoms with Gasteiger partial charge in [-0.15, -0.1) is 11.3 Å². The molecule has 0 spiro atoms. The van der Waals surface area contributed by atoms with Crippen molar-refractivity contribution >= 4 is 62.1 Å². The molecule has 12 heteroatoms. The first-order valence-corrected chi connectivity index (χ1v) is 11.0. The molecule has 3 rings (SSSR count). The molecule has 0 aliphatic rings. The molecule has 0 saturated heterocycles. The summed E-state index contributed by atoms with van der Waals surface area (Å²) in [6.07, 6.45) is 0. The number of anilines is 1. The van der Waals surface area contributed by atoms with Gasteiger partial charge in [0.05, 0.1) is 11.3 Å². The second-order valence-corrected chi connectivity index (χ2v) is 9.12. The topological polar surface area (TPSA) is 117 Å². The Morgan fingerprint density at radius 3 is 2.24 bits per heavy atom. The van der Waals surface area contributed by atoms with Crippen LogP contribution < -0.4 is 15.6 Å². The van der Waals surface area contributed by atoms with Crippen LogP contribution in [0.2, 0.25) is 10.3 Å². The number of para-hydroxylation sites is 1. The molecule has 1 aromatic carbocycles. The normalized spacial score (nSPS) is 11.0. The maximum absolute atomic E-state index is 12.5. The molecule has 0 aliphatic heterocycles. The minimum absolute atomic E-state index is 0.0127. The van der Waals surface area contributed by atoms with Crippen molar-refractivity contribution in [2.45, 2.75) is 4.21 Å². The minimum atomic E-state index is -3.84. The van der Waals surface area contributed by atoms with Gasteiger partial charge in [-0.05, 0) is 35.7 Å². The predicted octanol–water partition coefficient (Wildman–Crippen LogP) is 3.33. The molecule has 3 aromatic rings. The van der Waals surface area contributed by atoms with Crippen molar-refractivity contribution in [1.82, 2.24) is 15.8 Å². The molecule has 0 unspecified atom stereocenters. The fourth-order valence-electron chi connectivity index (χ4n) is 2.23. The van der Waals surface area contributed by atoms with Crippen LogP contribution in [0.15, 0.2) is 58.1 Å². The van der Waals surface area contributed by atoms with Gasteiger partial charge in [0.15, 0.2) is 0 Å². The number of sulfonamides is 1. The van der Waals surface area contributed by atoms with Gasteiger partial charge in [0.1, 0.15) is 14.5 Å². The first-order chi connectivity index (χ1) is 13.8. The third-order valence-electron chi connectivity index (χ3n) is 3.49. The van der Waals surface area contributed by atoms with Crippen molar-refractivity contribution in [3.05, 3.63) is 75.3 Å². The van der Waals surface area contributed by atoms with Gasteiger partial charge in [-0.2, -0.15) is 0 Å². The molecule has 8 nitrogen and oxygen atoms in total. The van der Waals surface area contributed by atoms with E-state index in [4.69, 9.17) is 23.2 Å². The Kier molecular flexibility index (Phi) is 6.38. The molecule has 2 amide bonds. The number of carbonyl (C=O) groups excluding carboxylic acids is 2. The smallest absolute Gasteiger partial charge is 0.271 e. The van der Waals surface area contributed by atoms with Gasteiger partial charge in [0.25, 0.3) is 21.8 Å². The Bertz CT molecular complexity index is 1150. The minimum Gasteiger partial charge on any atom is -0.278 e. The molecule has 0 bridgehead atoms. The third-order valence-corrected chi connectivity index (χ3v) is 6.64. The van der Waals surface area contributed by atoms with Gasteiger partial charge in [-0.3, -0.25) is 25.2 Å². The number of nitrogens with zero attached hydrogens (tertiary/aromatic N) is 1. The molecule has 2 heterocycles. The number of aromatic nitrogens is 1. The summed E-state index contributed by atoms with van der Waals surface area (Å²) < 4.78 is 27.3. The monoisotopic (exact) mass is 470 g/mol. The number of hydrogen-bond acceptors (Lipinski definition) is 6. The highest BCUT2D eigenvalue weighted by atomic mass is 35.5. The van der Waals surface area contributed by atoms with Crippen LogP contribution in [0.5, 0.6) is 0 Å². The zero-order chi connectivity index (χ0) is 21.0. The SMILES string of the molecule is O=C(NNC(=O)c1ccccc1NS(=O)(=O)c1cccs1)c1cc(Cl)nc(Cl)c1. The van der Waals surface area contributed by atoms with Crippen LogP contribution in [0.1, 0.15) is 20.7 Å². The fourth-order valence-corrected chi connectivity index (χ4v) is 4.76. The van der Waals surface area contributed by atoms with Crippen LogP contribution in [0.25, 0.3) is 0 Å². The summed E-state index contributed by atoms with van der Waals surface area (Å²) in [6.45, 7) is 0. The summed E-state index contributed by atoms with van der Waals surface area (Å²) in [7, 11) is -3.84. The molecule has 29 heavy (non-hydrogen) atoms. The number of carbonyl (C=O) groups is 2. The van der Waals surface area contributed by atoms with E-state index in [1.807, 2.05) is 0 Å². The number of amides is 2. The zero-order valence-corrected chi connectivity index (χ0v) is 17.5. The number of pyridine rings is 1. The fraction of sp³-hybridized carbons (Fsp3) is 0. The van der Waals surface area contributed by atoms with Crippen molar-refractivity contribution in [3.8, 4) is 0 Å². The molecule has 3 N–H and O–H groups in total. The van der Waals surface area contributed by atoms with Gasteiger partial charge < -0.3 is 0 Å². The predicted molar refractivity (Wildman–Crippen MR) is 111 cm³/mol. The van der Waals surface area contributed by atoms with Crippen LogP contribution in [0.4, 0.5) is 5.69 Å². The van der Waals surface area contributed by atoms with E-state index < -0.39 is 21.8 Å². The number of nitrogens with one attached hydrogen (secondary N) is 3. The maximum atomic E-state index is 12.5. The van der Waals surface area contributed by atoms with Crippen LogP contribution in [-0.2, 0) is 10.0 Å². The lowest BCUT2D eigenvalue weighted by atomic mass is 10.2. The molecule has 0 radical (unpaired) electrons. The second kappa shape index (κ2) is 8.78. The molecular weight excluding hydrogens is 459 g/mol. The Morgan fingerprint density at radius 2 is 1.59 bits per heavy atom. The summed E-state index contributed by atoms with van der Waals surface area (Å²) >= 11 is 12.5. The molecule has 0 fully saturated rings. The number of hydrogen-bond donors (Lipinski definition) is 3. The summed E-state index contributed by atoms with van der Waals surface area (Å²) in [5.74, 6) is -1.41. The van der Waals surface area contributed by atoms with E-state index in [1.54, 1.807) is 23.6 Å². The summed E-state index contributed by atoms with van der Waals surface area (Å²) in [5, 5.41) is 1.66. The van der Waals surface area contributed by atoms with Crippen LogP contribution >= 0.6 is 34.5 Å². The molecular formula is C17H12Cl2N4O4S2. The van der Waals surface area contributed by atoms with Crippen LogP contribution in [0.3, 0.4) is 0 Å². The Labute approximate surface area is 179 Å². The average molecular weight is 471 g/mol. The van der Waals surface area contributed by atoms with E-state index >= 15 is 0 Å². The Balaban J connectivity index is 1.74. The van der Waals surface area contributed by atoms with Crippen molar-refractivity contribution in [1.29, 1.82) is 0 Å². The van der Waals surface area contributed by atoms with E-state index in [-0.39, 0.29) is 31.3 Å². The Morgan fingerprint density at radius 1 is 0.931 bits per heavy atom. The third kappa shape index (κ3) is 5.24. The Hall–Kier alpha value is -2.66. The summed E-state index contributed by atoms with van der Waals surface area (Å²) in [5.41, 5.74) is 4.59. The van der Waals surface area contributed by atoms with Gasteiger partial charge >= 0.3 is 0 Å². The van der Waals surface area contributed by atoms with Crippen LogP contribution in [-0.4, -0.2) is 25.2 Å². The number of rotatable bonds is 5. The lowest BCUT2D eigenvalue weighted by Crippen LogP contribution is -2.42. The first kappa shape index (κ1) is 21.1. The van der Waals surface area contributed by atoms with Gasteiger partial charge in [-0.25, -0.2) is 13.4 Å². The molecule has 0 aliphatic carbocycles. The summed E-state index contributed by atoms with van der Waals surface area (Å²) in [6, 6.07) is 11.6. The van der Waals surface area contributed by atoms with Gasteiger partial charge in [-0.1, -0.05) is 41.4 Å². The summed E-state index contributed by atoms with van der Waals surface area (Å²) in [4.78, 5) is 28.4. The second-order valence-electron chi connectivity index (χ2n) is 5.49. The highest BCUT2D eigenvalue weighted by Gasteiger charge is 2.20. The quantitative estimate of drug-likeness (QED) is 0.390. The molecule has 0 saturated carbocycles. The standard InChI is InChI=1S/C17H12Cl2N4O4S2/c18-13-8-10(9-14(19)20-13)16(24)21-22-17(25)11-4-1-2-5-12(11)23-29(26,27)15-6-3-7-28-15/h1-9,23H,(H,21,24)(H,22,25). The molecule has 150 valence electrons. The molecule has 2 aromatic heterocycles. The number of thiophene rings is 1. The largest absolute Gasteiger partial charge is 0.278 e. The zero-order valence-electron chi connectivity index (χ0n) is 14.3. The van der Waals surface area contributed by atoms with E-state index in [0.717, 1.165) is 11.3 Å². The molecule has 0 atom stereocenters.